The van der Waals surface area contributed by atoms with Crippen LogP contribution in [0.3, 0.4) is 0 Å². The van der Waals surface area contributed by atoms with Gasteiger partial charge in [-0.05, 0) is 19.9 Å². The predicted molar refractivity (Wildman–Crippen MR) is 47.1 cm³/mol. The van der Waals surface area contributed by atoms with E-state index in [0.717, 1.165) is 5.57 Å². The quantitative estimate of drug-likeness (QED) is 0.547. The van der Waals surface area contributed by atoms with Crippen molar-refractivity contribution in [2.24, 2.45) is 0 Å². The molecule has 0 saturated heterocycles. The van der Waals surface area contributed by atoms with E-state index in [1.165, 1.54) is 20.3 Å². The van der Waals surface area contributed by atoms with E-state index in [1.807, 2.05) is 0 Å². The smallest absolute Gasteiger partial charge is 0.362 e. The first-order chi connectivity index (χ1) is 5.46. The third-order valence-corrected chi connectivity index (χ3v) is 3.13. The van der Waals surface area contributed by atoms with Gasteiger partial charge in [0.05, 0.1) is 0 Å². The second-order valence-electron chi connectivity index (χ2n) is 2.56. The Morgan fingerprint density at radius 1 is 1.42 bits per heavy atom. The van der Waals surface area contributed by atoms with Crippen molar-refractivity contribution in [1.82, 2.24) is 0 Å². The molecule has 0 amide bonds. The van der Waals surface area contributed by atoms with Crippen LogP contribution in [-0.2, 0) is 13.6 Å². The van der Waals surface area contributed by atoms with Gasteiger partial charge in [0, 0.05) is 14.2 Å². The van der Waals surface area contributed by atoms with Crippen molar-refractivity contribution in [3.8, 4) is 0 Å². The molecule has 0 unspecified atom stereocenters. The summed E-state index contributed by atoms with van der Waals surface area (Å²) in [6.45, 7) is 3.58. The zero-order valence-electron chi connectivity index (χ0n) is 7.77. The van der Waals surface area contributed by atoms with E-state index in [-0.39, 0.29) is 0 Å². The molecule has 0 aliphatic rings. The number of allylic oxidation sites excluding steroid dienone is 1. The summed E-state index contributed by atoms with van der Waals surface area (Å²) >= 11 is 0. The minimum absolute atomic E-state index is 0.858. The summed E-state index contributed by atoms with van der Waals surface area (Å²) in [7, 11) is -0.862. The highest BCUT2D eigenvalue weighted by Gasteiger charge is 2.30. The fourth-order valence-electron chi connectivity index (χ4n) is 0.680. The summed E-state index contributed by atoms with van der Waals surface area (Å²) in [5.41, 5.74) is 0.858. The lowest BCUT2D eigenvalue weighted by Crippen LogP contribution is -2.07. The van der Waals surface area contributed by atoms with Crippen molar-refractivity contribution in [2.45, 2.75) is 19.7 Å². The van der Waals surface area contributed by atoms with E-state index < -0.39 is 13.4 Å². The van der Waals surface area contributed by atoms with Crippen LogP contribution < -0.4 is 0 Å². The third-order valence-electron chi connectivity index (χ3n) is 1.32. The largest absolute Gasteiger partial charge is 0.377 e. The first-order valence-corrected chi connectivity index (χ1v) is 5.11. The topological polar surface area (TPSA) is 55.8 Å². The molecule has 0 fully saturated rings. The van der Waals surface area contributed by atoms with Crippen LogP contribution in [0.2, 0.25) is 0 Å². The van der Waals surface area contributed by atoms with Crippen LogP contribution in [-0.4, -0.2) is 25.2 Å². The molecule has 0 aromatic carbocycles. The Morgan fingerprint density at radius 3 is 2.08 bits per heavy atom. The van der Waals surface area contributed by atoms with Gasteiger partial charge in [-0.3, -0.25) is 4.57 Å². The van der Waals surface area contributed by atoms with Gasteiger partial charge >= 0.3 is 7.60 Å². The summed E-state index contributed by atoms with van der Waals surface area (Å²) in [5, 5.41) is 9.35. The molecular formula is C7H15O4P. The molecule has 4 nitrogen and oxygen atoms in total. The van der Waals surface area contributed by atoms with Gasteiger partial charge in [0.2, 0.25) is 0 Å². The molecule has 0 aliphatic carbocycles. The van der Waals surface area contributed by atoms with Crippen LogP contribution in [0.5, 0.6) is 0 Å². The molecule has 0 radical (unpaired) electrons. The maximum absolute atomic E-state index is 11.4. The van der Waals surface area contributed by atoms with Crippen molar-refractivity contribution in [3.05, 3.63) is 11.6 Å². The Balaban J connectivity index is 4.54. The van der Waals surface area contributed by atoms with Crippen LogP contribution in [0, 0.1) is 0 Å². The number of aliphatic hydroxyl groups is 1. The molecular weight excluding hydrogens is 179 g/mol. The van der Waals surface area contributed by atoms with Gasteiger partial charge in [-0.1, -0.05) is 5.57 Å². The van der Waals surface area contributed by atoms with Gasteiger partial charge < -0.3 is 14.2 Å². The van der Waals surface area contributed by atoms with E-state index in [4.69, 9.17) is 0 Å². The van der Waals surface area contributed by atoms with Crippen molar-refractivity contribution in [1.29, 1.82) is 0 Å². The molecule has 0 bridgehead atoms. The number of rotatable bonds is 4. The van der Waals surface area contributed by atoms with Crippen molar-refractivity contribution in [3.63, 3.8) is 0 Å². The minimum atomic E-state index is -3.35. The molecule has 0 aromatic rings. The summed E-state index contributed by atoms with van der Waals surface area (Å²) < 4.78 is 20.6. The summed E-state index contributed by atoms with van der Waals surface area (Å²) in [5.74, 6) is -1.18. The van der Waals surface area contributed by atoms with Gasteiger partial charge in [-0.25, -0.2) is 0 Å². The van der Waals surface area contributed by atoms with Crippen LogP contribution in [0.25, 0.3) is 0 Å². The summed E-state index contributed by atoms with van der Waals surface area (Å²) in [6.07, 6.45) is 1.44. The van der Waals surface area contributed by atoms with Crippen LogP contribution >= 0.6 is 7.60 Å². The lowest BCUT2D eigenvalue weighted by molar-refractivity contribution is 0.200. The first kappa shape index (κ1) is 11.8. The van der Waals surface area contributed by atoms with Gasteiger partial charge in [0.1, 0.15) is 0 Å². The Hall–Kier alpha value is -0.150. The molecule has 0 aliphatic heterocycles. The molecule has 1 N–H and O–H groups in total. The number of hydrogen-bond donors (Lipinski definition) is 1. The van der Waals surface area contributed by atoms with Crippen LogP contribution in [0.15, 0.2) is 11.6 Å². The monoisotopic (exact) mass is 194 g/mol. The third kappa shape index (κ3) is 3.07. The number of aliphatic hydroxyl groups excluding tert-OH is 1. The average molecular weight is 194 g/mol. The fraction of sp³-hybridized carbons (Fsp3) is 0.714. The van der Waals surface area contributed by atoms with E-state index in [2.05, 4.69) is 9.05 Å². The van der Waals surface area contributed by atoms with E-state index in [9.17, 15) is 9.67 Å². The molecule has 0 spiro atoms. The van der Waals surface area contributed by atoms with Gasteiger partial charge in [-0.15, -0.1) is 0 Å². The Labute approximate surface area is 72.7 Å². The minimum Gasteiger partial charge on any atom is -0.377 e. The molecule has 0 aromatic heterocycles. The van der Waals surface area contributed by atoms with E-state index in [1.54, 1.807) is 13.8 Å². The number of hydrogen-bond acceptors (Lipinski definition) is 4. The summed E-state index contributed by atoms with van der Waals surface area (Å²) in [6, 6.07) is 0. The normalized spacial score (nSPS) is 14.1. The molecule has 5 heteroatoms. The lowest BCUT2D eigenvalue weighted by atomic mass is 10.3. The predicted octanol–water partition coefficient (Wildman–Crippen LogP) is 1.76. The highest BCUT2D eigenvalue weighted by molar-refractivity contribution is 7.54. The Bertz CT molecular complexity index is 199. The maximum Gasteiger partial charge on any atom is 0.362 e. The van der Waals surface area contributed by atoms with Crippen molar-refractivity contribution < 1.29 is 18.7 Å². The molecule has 12 heavy (non-hydrogen) atoms. The second kappa shape index (κ2) is 4.77. The molecule has 1 atom stereocenters. The van der Waals surface area contributed by atoms with Gasteiger partial charge in [-0.2, -0.15) is 0 Å². The van der Waals surface area contributed by atoms with Crippen molar-refractivity contribution in [2.75, 3.05) is 14.2 Å². The second-order valence-corrected chi connectivity index (χ2v) is 4.90. The zero-order chi connectivity index (χ0) is 9.78. The molecule has 0 rings (SSSR count). The Morgan fingerprint density at radius 2 is 1.83 bits per heavy atom. The average Bonchev–Trinajstić information content (AvgIpc) is 2.02. The van der Waals surface area contributed by atoms with Crippen LogP contribution in [0.1, 0.15) is 13.8 Å². The standard InChI is InChI=1S/C7H15O4P/c1-6(2)5-7(8)12(9,10-3)11-4/h5,7-8H,1-4H3/t7-/m1/s1. The van der Waals surface area contributed by atoms with Crippen molar-refractivity contribution >= 4 is 7.60 Å². The van der Waals surface area contributed by atoms with Gasteiger partial charge in [0.15, 0.2) is 5.85 Å². The maximum atomic E-state index is 11.4. The fourth-order valence-corrected chi connectivity index (χ4v) is 1.74. The van der Waals surface area contributed by atoms with E-state index in [0.29, 0.717) is 0 Å². The molecule has 72 valence electrons. The van der Waals surface area contributed by atoms with Crippen LogP contribution in [0.4, 0.5) is 0 Å². The lowest BCUT2D eigenvalue weighted by Gasteiger charge is -2.17. The highest BCUT2D eigenvalue weighted by atomic mass is 31.2. The first-order valence-electron chi connectivity index (χ1n) is 3.50. The SMILES string of the molecule is COP(=O)(OC)[C@@H](O)C=C(C)C. The highest BCUT2D eigenvalue weighted by Crippen LogP contribution is 2.51. The Kier molecular flexibility index (Phi) is 4.71. The summed E-state index contributed by atoms with van der Waals surface area (Å²) in [4.78, 5) is 0. The van der Waals surface area contributed by atoms with E-state index >= 15 is 0 Å². The molecule has 0 saturated carbocycles. The molecule has 0 heterocycles. The zero-order valence-corrected chi connectivity index (χ0v) is 8.67. The van der Waals surface area contributed by atoms with Gasteiger partial charge in [0.25, 0.3) is 0 Å².